The summed E-state index contributed by atoms with van der Waals surface area (Å²) in [6.07, 6.45) is 2.63. The third kappa shape index (κ3) is 1.12. The van der Waals surface area contributed by atoms with Gasteiger partial charge in [-0.3, -0.25) is 9.36 Å². The number of carbonyl (C=O) groups excluding carboxylic acids is 1. The summed E-state index contributed by atoms with van der Waals surface area (Å²) in [6, 6.07) is 1.63. The molecule has 2 bridgehead atoms. The van der Waals surface area contributed by atoms with Crippen molar-refractivity contribution in [3.8, 4) is 0 Å². The van der Waals surface area contributed by atoms with Gasteiger partial charge in [0.05, 0.1) is 6.20 Å². The third-order valence-electron chi connectivity index (χ3n) is 4.06. The van der Waals surface area contributed by atoms with Crippen molar-refractivity contribution in [2.45, 2.75) is 18.4 Å². The summed E-state index contributed by atoms with van der Waals surface area (Å²) in [4.78, 5) is 24.3. The van der Waals surface area contributed by atoms with Gasteiger partial charge in [-0.2, -0.15) is 5.10 Å². The minimum atomic E-state index is -0.864. The van der Waals surface area contributed by atoms with E-state index in [1.165, 1.54) is 10.8 Å². The molecule has 1 saturated carbocycles. The van der Waals surface area contributed by atoms with Crippen LogP contribution in [-0.4, -0.2) is 20.7 Å². The number of aromatic nitrogens is 3. The van der Waals surface area contributed by atoms with E-state index in [0.29, 0.717) is 18.4 Å². The van der Waals surface area contributed by atoms with Crippen molar-refractivity contribution in [3.63, 3.8) is 0 Å². The zero-order valence-corrected chi connectivity index (χ0v) is 9.92. The number of nitrogens with zero attached hydrogens (tertiary/aromatic N) is 3. The second-order valence-corrected chi connectivity index (χ2v) is 5.04. The number of nitrogens with one attached hydrogen (secondary N) is 1. The largest absolute Gasteiger partial charge is 0.422 e. The maximum absolute atomic E-state index is 12.2. The second-order valence-electron chi connectivity index (χ2n) is 5.04. The number of carbonyl (C=O) groups is 1. The normalized spacial score (nSPS) is 29.2. The number of piperidine rings is 2. The zero-order valence-electron chi connectivity index (χ0n) is 9.92. The Morgan fingerprint density at radius 3 is 3.00 bits per heavy atom. The average Bonchev–Trinajstić information content (AvgIpc) is 2.64. The van der Waals surface area contributed by atoms with Gasteiger partial charge in [0.25, 0.3) is 11.6 Å². The fraction of sp³-hybridized carbons (Fsp3) is 0.333. The monoisotopic (exact) mass is 258 g/mol. The lowest BCUT2D eigenvalue weighted by Crippen LogP contribution is -2.64. The summed E-state index contributed by atoms with van der Waals surface area (Å²) in [5, 5.41) is 10.2. The summed E-state index contributed by atoms with van der Waals surface area (Å²) in [7, 11) is 0. The summed E-state index contributed by atoms with van der Waals surface area (Å²) < 4.78 is 6.45. The van der Waals surface area contributed by atoms with Crippen molar-refractivity contribution in [1.29, 1.82) is 0 Å². The van der Waals surface area contributed by atoms with E-state index in [1.54, 1.807) is 6.07 Å². The lowest BCUT2D eigenvalue weighted by molar-refractivity contribution is -0.140. The number of hydrogen-bond donors (Lipinski definition) is 1. The highest BCUT2D eigenvalue weighted by atomic mass is 16.4. The van der Waals surface area contributed by atoms with Crippen molar-refractivity contribution in [2.75, 3.05) is 0 Å². The van der Waals surface area contributed by atoms with E-state index >= 15 is 0 Å². The lowest BCUT2D eigenvalue weighted by Gasteiger charge is -2.51. The van der Waals surface area contributed by atoms with Gasteiger partial charge in [-0.05, 0) is 18.9 Å². The number of hydrogen-bond acceptors (Lipinski definition) is 5. The van der Waals surface area contributed by atoms with Crippen molar-refractivity contribution in [1.82, 2.24) is 20.1 Å². The van der Waals surface area contributed by atoms with Crippen LogP contribution in [0.25, 0.3) is 11.2 Å². The van der Waals surface area contributed by atoms with Gasteiger partial charge in [-0.25, -0.2) is 4.79 Å². The predicted octanol–water partition coefficient (Wildman–Crippen LogP) is 0.133. The number of oxazole rings is 1. The van der Waals surface area contributed by atoms with Crippen LogP contribution in [0.5, 0.6) is 0 Å². The fourth-order valence-electron chi connectivity index (χ4n) is 3.02. The average molecular weight is 258 g/mol. The lowest BCUT2D eigenvalue weighted by atomic mass is 9.63. The Morgan fingerprint density at radius 1 is 1.47 bits per heavy atom. The van der Waals surface area contributed by atoms with Gasteiger partial charge < -0.3 is 9.73 Å². The molecule has 3 fully saturated rings. The highest BCUT2D eigenvalue weighted by Gasteiger charge is 2.58. The van der Waals surface area contributed by atoms with Crippen LogP contribution in [-0.2, 0) is 10.3 Å². The molecule has 96 valence electrons. The first-order valence-corrected chi connectivity index (χ1v) is 5.96. The summed E-state index contributed by atoms with van der Waals surface area (Å²) in [5.41, 5.74) is 0.521. The van der Waals surface area contributed by atoms with Gasteiger partial charge in [0.15, 0.2) is 0 Å². The molecule has 2 saturated heterocycles. The molecular weight excluding hydrogens is 248 g/mol. The Labute approximate surface area is 106 Å². The van der Waals surface area contributed by atoms with Crippen molar-refractivity contribution < 1.29 is 9.21 Å². The maximum atomic E-state index is 12.2. The van der Waals surface area contributed by atoms with Crippen LogP contribution in [0.2, 0.25) is 0 Å². The molecule has 3 aliphatic rings. The summed E-state index contributed by atoms with van der Waals surface area (Å²) in [5.74, 6) is -0.553. The molecule has 0 atom stereocenters. The molecule has 4 heterocycles. The topological polar surface area (TPSA) is 90.0 Å². The second kappa shape index (κ2) is 3.11. The van der Waals surface area contributed by atoms with Gasteiger partial charge in [-0.15, -0.1) is 5.10 Å². The minimum Gasteiger partial charge on any atom is -0.387 e. The predicted molar refractivity (Wildman–Crippen MR) is 64.0 cm³/mol. The Kier molecular flexibility index (Phi) is 1.72. The van der Waals surface area contributed by atoms with E-state index in [9.17, 15) is 9.59 Å². The van der Waals surface area contributed by atoms with Crippen LogP contribution in [0.4, 0.5) is 0 Å². The Hall–Kier alpha value is -2.44. The van der Waals surface area contributed by atoms with Gasteiger partial charge in [0.1, 0.15) is 11.1 Å². The Morgan fingerprint density at radius 2 is 2.26 bits per heavy atom. The molecule has 1 N–H and O–H groups in total. The van der Waals surface area contributed by atoms with Crippen LogP contribution in [0.1, 0.15) is 12.8 Å². The van der Waals surface area contributed by atoms with Gasteiger partial charge >= 0.3 is 5.76 Å². The molecule has 19 heavy (non-hydrogen) atoms. The molecule has 2 aromatic heterocycles. The highest BCUT2D eigenvalue weighted by Crippen LogP contribution is 2.50. The Bertz CT molecular complexity index is 782. The molecule has 0 spiro atoms. The van der Waals surface area contributed by atoms with Gasteiger partial charge in [0.2, 0.25) is 0 Å². The standard InChI is InChI=1S/C12H10N4O3/c1-6-7-4-12(5-7,10(17)14-6)16-8-2-3-13-15-9(8)19-11(16)18/h2-3,7H,1,4-5H2,(H,14,17). The van der Waals surface area contributed by atoms with Crippen molar-refractivity contribution in [2.24, 2.45) is 5.92 Å². The zero-order chi connectivity index (χ0) is 13.2. The van der Waals surface area contributed by atoms with E-state index in [1.807, 2.05) is 0 Å². The first kappa shape index (κ1) is 10.5. The molecule has 0 aromatic carbocycles. The van der Waals surface area contributed by atoms with Crippen LogP contribution >= 0.6 is 0 Å². The SMILES string of the molecule is C=C1NC(=O)C2(n3c(=O)oc4nnccc43)CC1C2. The first-order chi connectivity index (χ1) is 9.12. The van der Waals surface area contributed by atoms with E-state index in [4.69, 9.17) is 4.42 Å². The van der Waals surface area contributed by atoms with Crippen LogP contribution < -0.4 is 11.1 Å². The number of fused-ring (bicyclic) bond motifs is 3. The molecule has 1 amide bonds. The number of amides is 1. The van der Waals surface area contributed by atoms with Gasteiger partial charge in [-0.1, -0.05) is 6.58 Å². The molecule has 2 aliphatic heterocycles. The molecular formula is C12H10N4O3. The summed E-state index contributed by atoms with van der Waals surface area (Å²) >= 11 is 0. The van der Waals surface area contributed by atoms with Crippen molar-refractivity contribution in [3.05, 3.63) is 35.1 Å². The van der Waals surface area contributed by atoms with Gasteiger partial charge in [0, 0.05) is 11.6 Å². The number of rotatable bonds is 1. The molecule has 7 heteroatoms. The minimum absolute atomic E-state index is 0.155. The van der Waals surface area contributed by atoms with E-state index in [2.05, 4.69) is 22.1 Å². The van der Waals surface area contributed by atoms with Crippen LogP contribution in [0, 0.1) is 5.92 Å². The van der Waals surface area contributed by atoms with E-state index < -0.39 is 11.3 Å². The van der Waals surface area contributed by atoms with Crippen LogP contribution in [0.3, 0.4) is 0 Å². The quantitative estimate of drug-likeness (QED) is 0.785. The van der Waals surface area contributed by atoms with Crippen LogP contribution in [0.15, 0.2) is 33.8 Å². The van der Waals surface area contributed by atoms with E-state index in [-0.39, 0.29) is 17.5 Å². The first-order valence-electron chi connectivity index (χ1n) is 5.96. The van der Waals surface area contributed by atoms with E-state index in [0.717, 1.165) is 5.70 Å². The maximum Gasteiger partial charge on any atom is 0.422 e. The molecule has 1 aliphatic carbocycles. The van der Waals surface area contributed by atoms with Crippen molar-refractivity contribution >= 4 is 17.1 Å². The highest BCUT2D eigenvalue weighted by molar-refractivity contribution is 5.91. The third-order valence-corrected chi connectivity index (χ3v) is 4.06. The molecule has 5 rings (SSSR count). The molecule has 0 radical (unpaired) electrons. The molecule has 7 nitrogen and oxygen atoms in total. The fourth-order valence-corrected chi connectivity index (χ4v) is 3.02. The molecule has 2 aromatic rings. The number of allylic oxidation sites excluding steroid dienone is 1. The molecule has 0 unspecified atom stereocenters. The smallest absolute Gasteiger partial charge is 0.387 e. The Balaban J connectivity index is 1.97. The summed E-state index contributed by atoms with van der Waals surface area (Å²) in [6.45, 7) is 3.82.